The van der Waals surface area contributed by atoms with Crippen molar-refractivity contribution in [3.05, 3.63) is 52.2 Å². The molecule has 3 aromatic rings. The number of pyridine rings is 1. The molecule has 0 radical (unpaired) electrons. The lowest BCUT2D eigenvalue weighted by molar-refractivity contribution is 0.0909. The molecule has 1 saturated heterocycles. The molecule has 0 spiro atoms. The van der Waals surface area contributed by atoms with E-state index >= 15 is 0 Å². The first-order valence-corrected chi connectivity index (χ1v) is 10.1. The number of imidazole rings is 1. The average molecular weight is 474 g/mol. The third-order valence-corrected chi connectivity index (χ3v) is 5.75. The molecule has 6 nitrogen and oxygen atoms in total. The third kappa shape index (κ3) is 5.18. The van der Waals surface area contributed by atoms with Crippen molar-refractivity contribution >= 4 is 47.4 Å². The molecule has 1 fully saturated rings. The van der Waals surface area contributed by atoms with E-state index in [1.54, 1.807) is 17.7 Å². The van der Waals surface area contributed by atoms with Gasteiger partial charge in [-0.1, -0.05) is 11.6 Å². The Morgan fingerprint density at radius 2 is 2.10 bits per heavy atom. The number of fused-ring (bicyclic) bond motifs is 1. The van der Waals surface area contributed by atoms with Gasteiger partial charge in [0.25, 0.3) is 0 Å². The third-order valence-electron chi connectivity index (χ3n) is 5.54. The number of benzene rings is 1. The highest BCUT2D eigenvalue weighted by Gasteiger charge is 2.22. The van der Waals surface area contributed by atoms with Crippen molar-refractivity contribution in [1.82, 2.24) is 19.4 Å². The highest BCUT2D eigenvalue weighted by molar-refractivity contribution is 6.31. The first-order valence-electron chi connectivity index (χ1n) is 9.76. The molecule has 2 aromatic heterocycles. The largest absolute Gasteiger partial charge is 0.392 e. The number of hydrogen-bond donors (Lipinski definition) is 2. The minimum atomic E-state index is -0.256. The van der Waals surface area contributed by atoms with Crippen molar-refractivity contribution in [3.63, 3.8) is 0 Å². The summed E-state index contributed by atoms with van der Waals surface area (Å²) in [6.45, 7) is 1.78. The van der Waals surface area contributed by atoms with E-state index in [1.165, 1.54) is 0 Å². The van der Waals surface area contributed by atoms with E-state index < -0.39 is 0 Å². The number of halogens is 3. The summed E-state index contributed by atoms with van der Waals surface area (Å²) in [6, 6.07) is 7.35. The number of rotatable bonds is 5. The Balaban J connectivity index is 0.00000160. The molecule has 0 unspecified atom stereocenters. The van der Waals surface area contributed by atoms with Gasteiger partial charge in [-0.2, -0.15) is 0 Å². The number of piperidine rings is 1. The molecule has 2 N–H and O–H groups in total. The van der Waals surface area contributed by atoms with Crippen LogP contribution in [0.15, 0.2) is 41.6 Å². The molecule has 164 valence electrons. The van der Waals surface area contributed by atoms with Gasteiger partial charge in [-0.3, -0.25) is 4.79 Å². The second kappa shape index (κ2) is 10.6. The van der Waals surface area contributed by atoms with Gasteiger partial charge in [0.15, 0.2) is 0 Å². The monoisotopic (exact) mass is 472 g/mol. The Kier molecular flexibility index (Phi) is 8.76. The molecule has 2 atom stereocenters. The molecule has 0 amide bonds. The molecular weight excluding hydrogens is 447 g/mol. The maximum Gasteiger partial charge on any atom is 0.250 e. The van der Waals surface area contributed by atoms with Crippen LogP contribution in [0.3, 0.4) is 0 Å². The van der Waals surface area contributed by atoms with E-state index in [2.05, 4.69) is 14.9 Å². The lowest BCUT2D eigenvalue weighted by Crippen LogP contribution is -2.44. The van der Waals surface area contributed by atoms with Crippen LogP contribution in [0.5, 0.6) is 0 Å². The standard InChI is InChI=1S/C21H25ClN4O2.2ClH/c1-25-12-14(6-7-20(25)28)16-10-15(22)11-18-21(16)26(13-24-18)9-3-4-17-19(27)5-2-8-23-17;;/h6-7,10-13,17,19,23,27H,2-5,8-9H2,1H3;2*1H/t17-,19+;;/m1../s1. The second-order valence-corrected chi connectivity index (χ2v) is 7.97. The van der Waals surface area contributed by atoms with Gasteiger partial charge in [-0.05, 0) is 50.4 Å². The van der Waals surface area contributed by atoms with Crippen molar-refractivity contribution in [2.45, 2.75) is 44.4 Å². The average Bonchev–Trinajstić information content (AvgIpc) is 3.07. The lowest BCUT2D eigenvalue weighted by Gasteiger charge is -2.29. The van der Waals surface area contributed by atoms with Crippen molar-refractivity contribution in [2.75, 3.05) is 6.54 Å². The van der Waals surface area contributed by atoms with Gasteiger partial charge in [0.05, 0.1) is 23.5 Å². The Morgan fingerprint density at radius 1 is 1.30 bits per heavy atom. The van der Waals surface area contributed by atoms with Crippen LogP contribution in [0, 0.1) is 0 Å². The predicted molar refractivity (Wildman–Crippen MR) is 126 cm³/mol. The van der Waals surface area contributed by atoms with E-state index in [0.717, 1.165) is 60.9 Å². The summed E-state index contributed by atoms with van der Waals surface area (Å²) < 4.78 is 3.71. The molecule has 0 bridgehead atoms. The molecule has 3 heterocycles. The first kappa shape index (κ1) is 24.7. The van der Waals surface area contributed by atoms with E-state index in [9.17, 15) is 9.90 Å². The topological polar surface area (TPSA) is 72.1 Å². The van der Waals surface area contributed by atoms with Gasteiger partial charge < -0.3 is 19.6 Å². The first-order chi connectivity index (χ1) is 13.5. The van der Waals surface area contributed by atoms with Gasteiger partial charge in [0.2, 0.25) is 5.56 Å². The maximum atomic E-state index is 11.8. The number of nitrogens with one attached hydrogen (secondary N) is 1. The summed E-state index contributed by atoms with van der Waals surface area (Å²) in [5.41, 5.74) is 3.70. The van der Waals surface area contributed by atoms with Crippen LogP contribution in [0.2, 0.25) is 5.02 Å². The highest BCUT2D eigenvalue weighted by atomic mass is 35.5. The summed E-state index contributed by atoms with van der Waals surface area (Å²) >= 11 is 6.32. The van der Waals surface area contributed by atoms with Gasteiger partial charge in [0.1, 0.15) is 0 Å². The van der Waals surface area contributed by atoms with Crippen molar-refractivity contribution in [1.29, 1.82) is 0 Å². The molecule has 4 rings (SSSR count). The SMILES string of the molecule is Cl.Cl.Cn1cc(-c2cc(Cl)cc3ncn(CCC[C@H]4NCCC[C@@H]4O)c23)ccc1=O. The predicted octanol–water partition coefficient (Wildman–Crippen LogP) is 3.79. The lowest BCUT2D eigenvalue weighted by atomic mass is 9.97. The fourth-order valence-corrected chi connectivity index (χ4v) is 4.24. The number of aliphatic hydroxyl groups is 1. The summed E-state index contributed by atoms with van der Waals surface area (Å²) in [5.74, 6) is 0. The molecule has 1 aliphatic heterocycles. The number of aromatic nitrogens is 3. The molecule has 0 saturated carbocycles. The summed E-state index contributed by atoms with van der Waals surface area (Å²) in [5, 5.41) is 14.2. The maximum absolute atomic E-state index is 11.8. The van der Waals surface area contributed by atoms with Crippen LogP contribution in [-0.4, -0.2) is 37.9 Å². The van der Waals surface area contributed by atoms with E-state index in [4.69, 9.17) is 11.6 Å². The molecule has 30 heavy (non-hydrogen) atoms. The summed E-state index contributed by atoms with van der Waals surface area (Å²) in [6.07, 6.45) is 7.19. The van der Waals surface area contributed by atoms with Gasteiger partial charge in [-0.25, -0.2) is 4.98 Å². The zero-order valence-electron chi connectivity index (χ0n) is 16.8. The molecule has 0 aliphatic carbocycles. The number of nitrogens with zero attached hydrogens (tertiary/aromatic N) is 3. The Morgan fingerprint density at radius 3 is 2.83 bits per heavy atom. The van der Waals surface area contributed by atoms with Crippen molar-refractivity contribution in [2.24, 2.45) is 7.05 Å². The van der Waals surface area contributed by atoms with Gasteiger partial charge in [0, 0.05) is 48.0 Å². The Bertz CT molecular complexity index is 1050. The van der Waals surface area contributed by atoms with Crippen LogP contribution in [0.25, 0.3) is 22.2 Å². The van der Waals surface area contributed by atoms with Gasteiger partial charge in [-0.15, -0.1) is 24.8 Å². The minimum absolute atomic E-state index is 0. The molecular formula is C21H27Cl3N4O2. The zero-order chi connectivity index (χ0) is 19.7. The summed E-state index contributed by atoms with van der Waals surface area (Å²) in [4.78, 5) is 16.3. The smallest absolute Gasteiger partial charge is 0.250 e. The highest BCUT2D eigenvalue weighted by Crippen LogP contribution is 2.31. The van der Waals surface area contributed by atoms with Crippen molar-refractivity contribution < 1.29 is 5.11 Å². The Hall–Kier alpha value is -1.57. The van der Waals surface area contributed by atoms with Gasteiger partial charge >= 0.3 is 0 Å². The van der Waals surface area contributed by atoms with E-state index in [1.807, 2.05) is 30.7 Å². The number of hydrogen-bond acceptors (Lipinski definition) is 4. The summed E-state index contributed by atoms with van der Waals surface area (Å²) in [7, 11) is 1.74. The second-order valence-electron chi connectivity index (χ2n) is 7.54. The van der Waals surface area contributed by atoms with Crippen LogP contribution in [0.1, 0.15) is 25.7 Å². The number of aryl methyl sites for hydroxylation is 2. The molecule has 1 aliphatic rings. The van der Waals surface area contributed by atoms with Crippen LogP contribution in [-0.2, 0) is 13.6 Å². The fourth-order valence-electron chi connectivity index (χ4n) is 4.03. The zero-order valence-corrected chi connectivity index (χ0v) is 19.1. The Labute approximate surface area is 193 Å². The van der Waals surface area contributed by atoms with Crippen LogP contribution in [0.4, 0.5) is 0 Å². The van der Waals surface area contributed by atoms with E-state index in [-0.39, 0.29) is 42.5 Å². The van der Waals surface area contributed by atoms with Crippen LogP contribution < -0.4 is 10.9 Å². The molecule has 9 heteroatoms. The van der Waals surface area contributed by atoms with E-state index in [0.29, 0.717) is 5.02 Å². The number of aliphatic hydroxyl groups excluding tert-OH is 1. The normalized spacial score (nSPS) is 18.6. The quantitative estimate of drug-likeness (QED) is 0.591. The fraction of sp³-hybridized carbons (Fsp3) is 0.429. The van der Waals surface area contributed by atoms with Crippen molar-refractivity contribution in [3.8, 4) is 11.1 Å². The van der Waals surface area contributed by atoms with Crippen LogP contribution >= 0.6 is 36.4 Å². The minimum Gasteiger partial charge on any atom is -0.392 e. The molecule has 1 aromatic carbocycles.